The zero-order chi connectivity index (χ0) is 9.14. The number of phenolic OH excluding ortho intramolecular Hbond substituents is 1. The second-order valence-electron chi connectivity index (χ2n) is 3.07. The molecule has 0 atom stereocenters. The van der Waals surface area contributed by atoms with E-state index in [1.165, 1.54) is 0 Å². The summed E-state index contributed by atoms with van der Waals surface area (Å²) in [5.74, 6) is 0.510. The minimum absolute atomic E-state index is 0. The fraction of sp³-hybridized carbons (Fsp3) is 0.273. The first-order valence-corrected chi connectivity index (χ1v) is 3.94. The minimum Gasteiger partial charge on any atom is -0.529 e. The summed E-state index contributed by atoms with van der Waals surface area (Å²) in [4.78, 5) is 0. The van der Waals surface area contributed by atoms with Crippen molar-refractivity contribution in [3.8, 4) is 5.75 Å². The Bertz CT molecular complexity index is 292. The van der Waals surface area contributed by atoms with Crippen LogP contribution in [0.2, 0.25) is 0 Å². The Morgan fingerprint density at radius 3 is 2.62 bits per heavy atom. The third-order valence-electron chi connectivity index (χ3n) is 1.72. The summed E-state index contributed by atoms with van der Waals surface area (Å²) in [7, 11) is 0. The monoisotopic (exact) mass is 199 g/mol. The maximum Gasteiger partial charge on any atom is 1.00 e. The van der Waals surface area contributed by atoms with Crippen LogP contribution in [0.4, 0.5) is 0 Å². The molecule has 0 aliphatic rings. The molecule has 0 unspecified atom stereocenters. The van der Waals surface area contributed by atoms with Crippen LogP contribution in [-0.2, 0) is 0 Å². The summed E-state index contributed by atoms with van der Waals surface area (Å²) in [6.45, 7) is 9.80. The number of phenols is 1. The van der Waals surface area contributed by atoms with Crippen LogP contribution >= 0.6 is 0 Å². The summed E-state index contributed by atoms with van der Waals surface area (Å²) in [5, 5.41) is 9.15. The molecule has 0 aliphatic heterocycles. The molecule has 1 aromatic carbocycles. The summed E-state index contributed by atoms with van der Waals surface area (Å²) >= 11 is 0. The first kappa shape index (κ1) is 13.4. The topological polar surface area (TPSA) is 20.2 Å². The molecule has 1 aromatic rings. The van der Waals surface area contributed by atoms with Crippen LogP contribution in [0.1, 0.15) is 19.4 Å². The molecule has 0 amide bonds. The van der Waals surface area contributed by atoms with Gasteiger partial charge in [-0.1, -0.05) is 19.8 Å². The molecule has 0 aromatic heterocycles. The molecule has 1 nitrogen and oxygen atoms in total. The van der Waals surface area contributed by atoms with Crippen molar-refractivity contribution < 1.29 is 56.5 Å². The van der Waals surface area contributed by atoms with E-state index in [4.69, 9.17) is 11.7 Å². The van der Waals surface area contributed by atoms with Crippen molar-refractivity contribution in [2.24, 2.45) is 5.92 Å². The molecule has 0 fully saturated rings. The summed E-state index contributed by atoms with van der Waals surface area (Å²) in [6.07, 6.45) is 0. The molecule has 0 radical (unpaired) electrons. The van der Waals surface area contributed by atoms with E-state index in [0.29, 0.717) is 0 Å². The van der Waals surface area contributed by atoms with Crippen LogP contribution in [0.15, 0.2) is 18.2 Å². The molecule has 0 saturated carbocycles. The SMILES string of the molecule is [CH-]=C(c1[c-]ccc(O)c1)C(C)C.[K+]. The van der Waals surface area contributed by atoms with Crippen molar-refractivity contribution in [1.82, 2.24) is 0 Å². The van der Waals surface area contributed by atoms with Gasteiger partial charge in [-0.05, 0) is 0 Å². The van der Waals surface area contributed by atoms with Gasteiger partial charge in [-0.2, -0.15) is 12.1 Å². The normalized spacial score (nSPS) is 9.46. The quantitative estimate of drug-likeness (QED) is 0.511. The van der Waals surface area contributed by atoms with Gasteiger partial charge in [0.1, 0.15) is 0 Å². The summed E-state index contributed by atoms with van der Waals surface area (Å²) < 4.78 is 0. The van der Waals surface area contributed by atoms with Gasteiger partial charge in [-0.3, -0.25) is 11.1 Å². The predicted molar refractivity (Wildman–Crippen MR) is 49.5 cm³/mol. The molecule has 0 heterocycles. The number of hydrogen-bond acceptors (Lipinski definition) is 1. The molecular weight excluding hydrogens is 187 g/mol. The summed E-state index contributed by atoms with van der Waals surface area (Å²) in [6, 6.07) is 7.84. The van der Waals surface area contributed by atoms with Gasteiger partial charge in [-0.25, -0.2) is 6.07 Å². The first-order valence-electron chi connectivity index (χ1n) is 3.94. The molecule has 13 heavy (non-hydrogen) atoms. The Morgan fingerprint density at radius 1 is 1.54 bits per heavy atom. The average Bonchev–Trinajstić information content (AvgIpc) is 2.03. The van der Waals surface area contributed by atoms with E-state index in [9.17, 15) is 0 Å². The number of benzene rings is 1. The third kappa shape index (κ3) is 3.96. The molecule has 64 valence electrons. The van der Waals surface area contributed by atoms with E-state index >= 15 is 0 Å². The second kappa shape index (κ2) is 5.99. The zero-order valence-corrected chi connectivity index (χ0v) is 11.5. The van der Waals surface area contributed by atoms with E-state index in [2.05, 4.69) is 6.07 Å². The number of allylic oxidation sites excluding steroid dienone is 1. The Morgan fingerprint density at radius 2 is 2.15 bits per heavy atom. The van der Waals surface area contributed by atoms with Crippen LogP contribution in [0.3, 0.4) is 0 Å². The van der Waals surface area contributed by atoms with E-state index < -0.39 is 0 Å². The molecule has 0 spiro atoms. The molecule has 0 bridgehead atoms. The van der Waals surface area contributed by atoms with Gasteiger partial charge in [0.2, 0.25) is 0 Å². The Kier molecular flexibility index (Phi) is 6.17. The maximum absolute atomic E-state index is 9.15. The van der Waals surface area contributed by atoms with E-state index in [-0.39, 0.29) is 63.1 Å². The van der Waals surface area contributed by atoms with Crippen molar-refractivity contribution in [2.45, 2.75) is 13.8 Å². The Balaban J connectivity index is 0.00000144. The van der Waals surface area contributed by atoms with Crippen LogP contribution in [0.25, 0.3) is 5.57 Å². The van der Waals surface area contributed by atoms with Gasteiger partial charge in [0.25, 0.3) is 0 Å². The van der Waals surface area contributed by atoms with Gasteiger partial charge in [0.15, 0.2) is 0 Å². The number of hydrogen-bond donors (Lipinski definition) is 1. The van der Waals surface area contributed by atoms with Crippen LogP contribution < -0.4 is 51.4 Å². The average molecular weight is 199 g/mol. The fourth-order valence-corrected chi connectivity index (χ4v) is 0.932. The fourth-order valence-electron chi connectivity index (χ4n) is 0.932. The van der Waals surface area contributed by atoms with Gasteiger partial charge in [-0.15, -0.1) is 6.07 Å². The van der Waals surface area contributed by atoms with Gasteiger partial charge in [0, 0.05) is 5.75 Å². The zero-order valence-electron chi connectivity index (χ0n) is 8.33. The van der Waals surface area contributed by atoms with E-state index in [0.717, 1.165) is 11.1 Å². The Labute approximate surface area is 122 Å². The second-order valence-corrected chi connectivity index (χ2v) is 3.07. The molecule has 2 heteroatoms. The minimum atomic E-state index is 0. The summed E-state index contributed by atoms with van der Waals surface area (Å²) in [5.41, 5.74) is 1.54. The molecule has 1 rings (SSSR count). The smallest absolute Gasteiger partial charge is 0.529 e. The molecule has 1 N–H and O–H groups in total. The van der Waals surface area contributed by atoms with E-state index in [1.807, 2.05) is 13.8 Å². The van der Waals surface area contributed by atoms with Crippen molar-refractivity contribution in [3.05, 3.63) is 36.4 Å². The van der Waals surface area contributed by atoms with E-state index in [1.54, 1.807) is 18.2 Å². The van der Waals surface area contributed by atoms with Crippen LogP contribution in [-0.4, -0.2) is 5.11 Å². The largest absolute Gasteiger partial charge is 1.00 e. The van der Waals surface area contributed by atoms with Gasteiger partial charge in [0.05, 0.1) is 0 Å². The van der Waals surface area contributed by atoms with Crippen molar-refractivity contribution in [1.29, 1.82) is 0 Å². The van der Waals surface area contributed by atoms with Crippen molar-refractivity contribution >= 4 is 5.57 Å². The molecule has 0 saturated heterocycles. The van der Waals surface area contributed by atoms with Gasteiger partial charge < -0.3 is 11.7 Å². The standard InChI is InChI=1S/C11H12O.K/c1-8(2)9(3)10-5-4-6-11(12)7-10;/h3-4,6-8,12H,1-2H3;/q-2;+1. The maximum atomic E-state index is 9.15. The first-order chi connectivity index (χ1) is 5.61. The third-order valence-corrected chi connectivity index (χ3v) is 1.72. The van der Waals surface area contributed by atoms with Crippen molar-refractivity contribution in [2.75, 3.05) is 0 Å². The van der Waals surface area contributed by atoms with Crippen molar-refractivity contribution in [3.63, 3.8) is 0 Å². The van der Waals surface area contributed by atoms with Crippen LogP contribution in [0.5, 0.6) is 5.75 Å². The Hall–Kier alpha value is 0.396. The molecule has 0 aliphatic carbocycles. The van der Waals surface area contributed by atoms with Crippen LogP contribution in [0, 0.1) is 18.6 Å². The number of aromatic hydroxyl groups is 1. The number of rotatable bonds is 2. The molecular formula is C11H12KO-. The van der Waals surface area contributed by atoms with Gasteiger partial charge >= 0.3 is 51.4 Å². The predicted octanol–water partition coefficient (Wildman–Crippen LogP) is -0.331.